The van der Waals surface area contributed by atoms with E-state index >= 15 is 0 Å². The average molecular weight is 418 g/mol. The lowest BCUT2D eigenvalue weighted by Crippen LogP contribution is -2.18. The van der Waals surface area contributed by atoms with Gasteiger partial charge in [0.25, 0.3) is 11.8 Å². The van der Waals surface area contributed by atoms with Crippen molar-refractivity contribution < 1.29 is 18.4 Å². The van der Waals surface area contributed by atoms with Crippen molar-refractivity contribution in [1.82, 2.24) is 15.3 Å². The van der Waals surface area contributed by atoms with Gasteiger partial charge in [0.1, 0.15) is 17.0 Å². The van der Waals surface area contributed by atoms with Crippen LogP contribution in [0.1, 0.15) is 34.1 Å². The summed E-state index contributed by atoms with van der Waals surface area (Å²) >= 11 is 0. The number of benzene rings is 1. The standard InChI is InChI=1S/C16H13F2N5O2.C3H7NO/c1-20-15(24)9-6-22-14-8(9)4-7(5-21-14)23-16(25)12-10(17)2-3-11(19)13(12)18;1-2-3-4-5/h2-6H,19H2,1H3,(H,20,24)(H,21,22)(H,23,25);2-3H2,1H3. The van der Waals surface area contributed by atoms with Crippen LogP contribution in [0.3, 0.4) is 0 Å². The Hall–Kier alpha value is -3.89. The summed E-state index contributed by atoms with van der Waals surface area (Å²) < 4.78 is 27.7. The van der Waals surface area contributed by atoms with E-state index in [2.05, 4.69) is 25.8 Å². The van der Waals surface area contributed by atoms with E-state index in [0.717, 1.165) is 18.6 Å². The van der Waals surface area contributed by atoms with E-state index in [0.29, 0.717) is 23.1 Å². The molecule has 0 radical (unpaired) electrons. The number of rotatable bonds is 5. The molecular formula is C19H20F2N6O3. The van der Waals surface area contributed by atoms with Crippen molar-refractivity contribution in [2.45, 2.75) is 13.3 Å². The summed E-state index contributed by atoms with van der Waals surface area (Å²) in [6.07, 6.45) is 3.63. The van der Waals surface area contributed by atoms with Crippen LogP contribution in [-0.2, 0) is 0 Å². The quantitative estimate of drug-likeness (QED) is 0.372. The maximum atomic E-state index is 13.9. The molecule has 0 atom stereocenters. The van der Waals surface area contributed by atoms with Crippen LogP contribution in [0, 0.1) is 16.5 Å². The normalized spacial score (nSPS) is 10.1. The first kappa shape index (κ1) is 22.4. The fourth-order valence-corrected chi connectivity index (χ4v) is 2.46. The third-order valence-corrected chi connectivity index (χ3v) is 3.92. The van der Waals surface area contributed by atoms with Crippen molar-refractivity contribution in [3.63, 3.8) is 0 Å². The van der Waals surface area contributed by atoms with Crippen molar-refractivity contribution in [1.29, 1.82) is 0 Å². The Balaban J connectivity index is 0.000000575. The zero-order valence-corrected chi connectivity index (χ0v) is 16.3. The molecule has 5 N–H and O–H groups in total. The molecule has 2 aromatic heterocycles. The highest BCUT2D eigenvalue weighted by Gasteiger charge is 2.20. The number of halogens is 2. The van der Waals surface area contributed by atoms with E-state index < -0.39 is 23.1 Å². The second-order valence-corrected chi connectivity index (χ2v) is 6.03. The Morgan fingerprint density at radius 3 is 2.60 bits per heavy atom. The van der Waals surface area contributed by atoms with Gasteiger partial charge in [-0.2, -0.15) is 4.91 Å². The summed E-state index contributed by atoms with van der Waals surface area (Å²) in [5.41, 5.74) is 5.16. The highest BCUT2D eigenvalue weighted by atomic mass is 19.1. The lowest BCUT2D eigenvalue weighted by molar-refractivity contribution is 0.0963. The Labute approximate surface area is 170 Å². The van der Waals surface area contributed by atoms with E-state index in [9.17, 15) is 18.4 Å². The van der Waals surface area contributed by atoms with Gasteiger partial charge in [-0.15, -0.1) is 0 Å². The molecule has 9 nitrogen and oxygen atoms in total. The number of carbonyl (C=O) groups is 2. The highest BCUT2D eigenvalue weighted by molar-refractivity contribution is 6.09. The van der Waals surface area contributed by atoms with Gasteiger partial charge >= 0.3 is 0 Å². The van der Waals surface area contributed by atoms with Crippen molar-refractivity contribution in [3.8, 4) is 0 Å². The number of aromatic nitrogens is 2. The van der Waals surface area contributed by atoms with Gasteiger partial charge in [0.2, 0.25) is 0 Å². The molecule has 3 rings (SSSR count). The smallest absolute Gasteiger partial charge is 0.261 e. The number of hydrogen-bond acceptors (Lipinski definition) is 6. The minimum Gasteiger partial charge on any atom is -0.396 e. The Bertz CT molecular complexity index is 1080. The van der Waals surface area contributed by atoms with Gasteiger partial charge in [0.05, 0.1) is 29.7 Å². The average Bonchev–Trinajstić information content (AvgIpc) is 3.15. The van der Waals surface area contributed by atoms with Gasteiger partial charge in [-0.05, 0) is 24.6 Å². The number of nitroso groups, excluding NO2 is 1. The summed E-state index contributed by atoms with van der Waals surface area (Å²) in [7, 11) is 1.48. The molecule has 1 aromatic carbocycles. The number of aromatic amines is 1. The number of nitrogens with two attached hydrogens (primary N) is 1. The molecule has 2 heterocycles. The number of nitrogen functional groups attached to an aromatic ring is 1. The lowest BCUT2D eigenvalue weighted by Gasteiger charge is -2.08. The zero-order chi connectivity index (χ0) is 22.3. The molecule has 158 valence electrons. The Kier molecular flexibility index (Phi) is 7.50. The van der Waals surface area contributed by atoms with Crippen LogP contribution in [-0.4, -0.2) is 35.4 Å². The molecule has 0 spiro atoms. The van der Waals surface area contributed by atoms with Gasteiger partial charge in [0, 0.05) is 18.6 Å². The van der Waals surface area contributed by atoms with Gasteiger partial charge in [-0.1, -0.05) is 12.1 Å². The second-order valence-electron chi connectivity index (χ2n) is 6.03. The van der Waals surface area contributed by atoms with Crippen molar-refractivity contribution in [2.75, 3.05) is 24.6 Å². The molecule has 0 bridgehead atoms. The van der Waals surface area contributed by atoms with Gasteiger partial charge in [-0.25, -0.2) is 13.8 Å². The summed E-state index contributed by atoms with van der Waals surface area (Å²) in [4.78, 5) is 40.0. The molecule has 0 unspecified atom stereocenters. The molecule has 30 heavy (non-hydrogen) atoms. The molecule has 0 saturated carbocycles. The molecule has 11 heteroatoms. The van der Waals surface area contributed by atoms with Crippen LogP contribution in [0.25, 0.3) is 11.0 Å². The first-order chi connectivity index (χ1) is 14.3. The summed E-state index contributed by atoms with van der Waals surface area (Å²) in [6.45, 7) is 2.38. The van der Waals surface area contributed by atoms with Crippen molar-refractivity contribution in [2.24, 2.45) is 5.18 Å². The highest BCUT2D eigenvalue weighted by Crippen LogP contribution is 2.23. The molecule has 0 saturated heterocycles. The molecule has 3 aromatic rings. The number of nitrogens with zero attached hydrogens (tertiary/aromatic N) is 2. The van der Waals surface area contributed by atoms with Crippen LogP contribution in [0.15, 0.2) is 35.8 Å². The Morgan fingerprint density at radius 1 is 1.27 bits per heavy atom. The first-order valence-corrected chi connectivity index (χ1v) is 8.87. The minimum atomic E-state index is -1.14. The number of hydrogen-bond donors (Lipinski definition) is 4. The maximum Gasteiger partial charge on any atom is 0.261 e. The van der Waals surface area contributed by atoms with Gasteiger partial charge in [-0.3, -0.25) is 9.59 Å². The molecule has 2 amide bonds. The molecule has 0 aliphatic rings. The van der Waals surface area contributed by atoms with Crippen LogP contribution in [0.5, 0.6) is 0 Å². The van der Waals surface area contributed by atoms with E-state index in [4.69, 9.17) is 10.6 Å². The van der Waals surface area contributed by atoms with Gasteiger partial charge < -0.3 is 21.4 Å². The fourth-order valence-electron chi connectivity index (χ4n) is 2.46. The number of pyridine rings is 1. The largest absolute Gasteiger partial charge is 0.396 e. The number of carbonyl (C=O) groups excluding carboxylic acids is 2. The second kappa shape index (κ2) is 10.0. The molecule has 0 aliphatic heterocycles. The van der Waals surface area contributed by atoms with Crippen molar-refractivity contribution in [3.05, 3.63) is 58.3 Å². The SMILES string of the molecule is CCCN=O.CNC(=O)c1c[nH]c2ncc(NC(=O)c3c(F)ccc(N)c3F)cc12. The Morgan fingerprint density at radius 2 is 2.00 bits per heavy atom. The third-order valence-electron chi connectivity index (χ3n) is 3.92. The minimum absolute atomic E-state index is 0.170. The van der Waals surface area contributed by atoms with E-state index in [1.165, 1.54) is 25.5 Å². The van der Waals surface area contributed by atoms with E-state index in [-0.39, 0.29) is 17.3 Å². The van der Waals surface area contributed by atoms with E-state index in [1.54, 1.807) is 0 Å². The first-order valence-electron chi connectivity index (χ1n) is 8.87. The molecule has 0 fully saturated rings. The van der Waals surface area contributed by atoms with E-state index in [1.807, 2.05) is 6.92 Å². The summed E-state index contributed by atoms with van der Waals surface area (Å²) in [5, 5.41) is 7.88. The number of amides is 2. The van der Waals surface area contributed by atoms with Crippen LogP contribution >= 0.6 is 0 Å². The van der Waals surface area contributed by atoms with Gasteiger partial charge in [0.15, 0.2) is 5.82 Å². The van der Waals surface area contributed by atoms with Crippen LogP contribution in [0.4, 0.5) is 20.2 Å². The number of nitrogens with one attached hydrogen (secondary N) is 3. The van der Waals surface area contributed by atoms with Crippen LogP contribution < -0.4 is 16.4 Å². The predicted molar refractivity (Wildman–Crippen MR) is 109 cm³/mol. The molecular weight excluding hydrogens is 398 g/mol. The monoisotopic (exact) mass is 418 g/mol. The summed E-state index contributed by atoms with van der Waals surface area (Å²) in [6, 6.07) is 3.42. The molecule has 0 aliphatic carbocycles. The number of H-pyrrole nitrogens is 1. The summed E-state index contributed by atoms with van der Waals surface area (Å²) in [5.74, 6) is -3.53. The lowest BCUT2D eigenvalue weighted by atomic mass is 10.1. The topological polar surface area (TPSA) is 142 Å². The van der Waals surface area contributed by atoms with Crippen molar-refractivity contribution >= 4 is 34.2 Å². The fraction of sp³-hybridized carbons (Fsp3) is 0.211. The zero-order valence-electron chi connectivity index (χ0n) is 16.3. The third kappa shape index (κ3) is 4.93. The maximum absolute atomic E-state index is 13.9. The number of anilines is 2. The predicted octanol–water partition coefficient (Wildman–Crippen LogP) is 3.20. The number of fused-ring (bicyclic) bond motifs is 1. The van der Waals surface area contributed by atoms with Crippen LogP contribution in [0.2, 0.25) is 0 Å².